The van der Waals surface area contributed by atoms with E-state index < -0.39 is 0 Å². The summed E-state index contributed by atoms with van der Waals surface area (Å²) in [6, 6.07) is 7.73. The molecule has 0 saturated carbocycles. The molecule has 1 aliphatic heterocycles. The highest BCUT2D eigenvalue weighted by Crippen LogP contribution is 2.17. The maximum Gasteiger partial charge on any atom is 0.137 e. The molecule has 0 aromatic heterocycles. The molecule has 0 spiro atoms. The third-order valence-electron chi connectivity index (χ3n) is 3.53. The predicted molar refractivity (Wildman–Crippen MR) is 83.2 cm³/mol. The summed E-state index contributed by atoms with van der Waals surface area (Å²) in [6.07, 6.45) is 2.41. The van der Waals surface area contributed by atoms with Crippen molar-refractivity contribution >= 4 is 0 Å². The lowest BCUT2D eigenvalue weighted by atomic mass is 10.2. The van der Waals surface area contributed by atoms with Crippen LogP contribution in [0.2, 0.25) is 0 Å². The number of hydrogen-bond donors (Lipinski definition) is 1. The second-order valence-electron chi connectivity index (χ2n) is 5.59. The second-order valence-corrected chi connectivity index (χ2v) is 5.59. The van der Waals surface area contributed by atoms with Gasteiger partial charge >= 0.3 is 0 Å². The van der Waals surface area contributed by atoms with E-state index in [1.54, 1.807) is 11.0 Å². The summed E-state index contributed by atoms with van der Waals surface area (Å²) in [6.45, 7) is 12.3. The van der Waals surface area contributed by atoms with E-state index in [2.05, 4.69) is 20.4 Å². The summed E-state index contributed by atoms with van der Waals surface area (Å²) >= 11 is 0. The lowest BCUT2D eigenvalue weighted by Gasteiger charge is -2.32. The zero-order chi connectivity index (χ0) is 15.1. The first-order chi connectivity index (χ1) is 10.2. The fourth-order valence-electron chi connectivity index (χ4n) is 2.69. The molecule has 1 aliphatic rings. The summed E-state index contributed by atoms with van der Waals surface area (Å²) in [5.41, 5.74) is 0. The SMILES string of the molecule is C=CCOc1ccc(OCC[NH+]2C[C@@H](C)O[C@H](C)C2)cc1. The van der Waals surface area contributed by atoms with Crippen molar-refractivity contribution in [2.75, 3.05) is 32.8 Å². The van der Waals surface area contributed by atoms with Gasteiger partial charge in [0.15, 0.2) is 0 Å². The van der Waals surface area contributed by atoms with Crippen LogP contribution in [0.25, 0.3) is 0 Å². The highest BCUT2D eigenvalue weighted by molar-refractivity contribution is 5.31. The van der Waals surface area contributed by atoms with Crippen LogP contribution >= 0.6 is 0 Å². The molecule has 1 heterocycles. The molecule has 1 fully saturated rings. The van der Waals surface area contributed by atoms with Crippen LogP contribution < -0.4 is 14.4 Å². The standard InChI is InChI=1S/C17H25NO3/c1-4-10-19-16-5-7-17(8-6-16)20-11-9-18-12-14(2)21-15(3)13-18/h4-8,14-15H,1,9-13H2,2-3H3/p+1/t14-,15-/m1/s1. The summed E-state index contributed by atoms with van der Waals surface area (Å²) < 4.78 is 17.0. The second kappa shape index (κ2) is 8.05. The topological polar surface area (TPSA) is 32.1 Å². The molecule has 0 radical (unpaired) electrons. The maximum absolute atomic E-state index is 5.80. The van der Waals surface area contributed by atoms with E-state index in [1.807, 2.05) is 24.3 Å². The minimum Gasteiger partial charge on any atom is -0.490 e. The molecule has 4 heteroatoms. The average Bonchev–Trinajstić information content (AvgIpc) is 2.45. The molecule has 1 N–H and O–H groups in total. The van der Waals surface area contributed by atoms with Gasteiger partial charge in [-0.2, -0.15) is 0 Å². The van der Waals surface area contributed by atoms with Gasteiger partial charge in [-0.1, -0.05) is 12.7 Å². The van der Waals surface area contributed by atoms with Gasteiger partial charge in [-0.3, -0.25) is 0 Å². The Morgan fingerprint density at radius 3 is 2.29 bits per heavy atom. The van der Waals surface area contributed by atoms with Crippen LogP contribution in [0, 0.1) is 0 Å². The number of benzene rings is 1. The Morgan fingerprint density at radius 2 is 1.71 bits per heavy atom. The van der Waals surface area contributed by atoms with Gasteiger partial charge in [0.05, 0.1) is 0 Å². The van der Waals surface area contributed by atoms with Crippen molar-refractivity contribution in [3.8, 4) is 11.5 Å². The van der Waals surface area contributed by atoms with Crippen LogP contribution in [0.5, 0.6) is 11.5 Å². The summed E-state index contributed by atoms with van der Waals surface area (Å²) in [5.74, 6) is 1.72. The van der Waals surface area contributed by atoms with Gasteiger partial charge in [-0.05, 0) is 38.1 Å². The Balaban J connectivity index is 1.71. The van der Waals surface area contributed by atoms with E-state index in [1.165, 1.54) is 0 Å². The lowest BCUT2D eigenvalue weighted by Crippen LogP contribution is -3.16. The van der Waals surface area contributed by atoms with Gasteiger partial charge in [0.25, 0.3) is 0 Å². The normalized spacial score (nSPS) is 25.3. The zero-order valence-corrected chi connectivity index (χ0v) is 13.0. The summed E-state index contributed by atoms with van der Waals surface area (Å²) in [4.78, 5) is 1.55. The van der Waals surface area contributed by atoms with Gasteiger partial charge in [0.2, 0.25) is 0 Å². The first kappa shape index (κ1) is 15.9. The Kier molecular flexibility index (Phi) is 6.08. The van der Waals surface area contributed by atoms with Crippen LogP contribution in [-0.2, 0) is 4.74 Å². The van der Waals surface area contributed by atoms with Crippen LogP contribution in [0.1, 0.15) is 13.8 Å². The number of rotatable bonds is 7. The van der Waals surface area contributed by atoms with Crippen molar-refractivity contribution < 1.29 is 19.1 Å². The number of quaternary nitrogens is 1. The maximum atomic E-state index is 5.80. The molecule has 4 nitrogen and oxygen atoms in total. The number of hydrogen-bond acceptors (Lipinski definition) is 3. The minimum absolute atomic E-state index is 0.338. The number of nitrogens with one attached hydrogen (secondary N) is 1. The van der Waals surface area contributed by atoms with Gasteiger partial charge in [0.1, 0.15) is 56.6 Å². The largest absolute Gasteiger partial charge is 0.490 e. The van der Waals surface area contributed by atoms with E-state index in [0.717, 1.165) is 37.7 Å². The Labute approximate surface area is 127 Å². The lowest BCUT2D eigenvalue weighted by molar-refractivity contribution is -0.915. The van der Waals surface area contributed by atoms with E-state index >= 15 is 0 Å². The van der Waals surface area contributed by atoms with Gasteiger partial charge in [0, 0.05) is 0 Å². The Morgan fingerprint density at radius 1 is 1.14 bits per heavy atom. The highest BCUT2D eigenvalue weighted by atomic mass is 16.5. The quantitative estimate of drug-likeness (QED) is 0.769. The zero-order valence-electron chi connectivity index (χ0n) is 13.0. The molecule has 0 bridgehead atoms. The molecule has 2 rings (SSSR count). The van der Waals surface area contributed by atoms with Crippen molar-refractivity contribution in [3.63, 3.8) is 0 Å². The monoisotopic (exact) mass is 292 g/mol. The third kappa shape index (κ3) is 5.40. The molecule has 0 amide bonds. The predicted octanol–water partition coefficient (Wildman–Crippen LogP) is 1.32. The van der Waals surface area contributed by atoms with Crippen molar-refractivity contribution in [1.29, 1.82) is 0 Å². The smallest absolute Gasteiger partial charge is 0.137 e. The van der Waals surface area contributed by atoms with Crippen LogP contribution in [0.15, 0.2) is 36.9 Å². The first-order valence-electron chi connectivity index (χ1n) is 7.63. The van der Waals surface area contributed by atoms with E-state index in [4.69, 9.17) is 14.2 Å². The first-order valence-corrected chi connectivity index (χ1v) is 7.63. The molecule has 116 valence electrons. The Bertz CT molecular complexity index is 422. The van der Waals surface area contributed by atoms with Gasteiger partial charge in [-0.15, -0.1) is 0 Å². The van der Waals surface area contributed by atoms with Gasteiger partial charge < -0.3 is 19.1 Å². The van der Waals surface area contributed by atoms with Crippen molar-refractivity contribution in [2.24, 2.45) is 0 Å². The fraction of sp³-hybridized carbons (Fsp3) is 0.529. The molecule has 2 atom stereocenters. The molecular weight excluding hydrogens is 266 g/mol. The number of ether oxygens (including phenoxy) is 3. The molecule has 1 aromatic carbocycles. The molecule has 0 aliphatic carbocycles. The van der Waals surface area contributed by atoms with Crippen molar-refractivity contribution in [2.45, 2.75) is 26.1 Å². The molecule has 0 unspecified atom stereocenters. The van der Waals surface area contributed by atoms with Crippen LogP contribution in [0.4, 0.5) is 0 Å². The van der Waals surface area contributed by atoms with E-state index in [9.17, 15) is 0 Å². The average molecular weight is 292 g/mol. The summed E-state index contributed by atoms with van der Waals surface area (Å²) in [7, 11) is 0. The highest BCUT2D eigenvalue weighted by Gasteiger charge is 2.25. The molecule has 21 heavy (non-hydrogen) atoms. The van der Waals surface area contributed by atoms with Gasteiger partial charge in [-0.25, -0.2) is 0 Å². The fourth-order valence-corrected chi connectivity index (χ4v) is 2.69. The molecule has 1 saturated heterocycles. The van der Waals surface area contributed by atoms with E-state index in [-0.39, 0.29) is 0 Å². The molecule has 1 aromatic rings. The Hall–Kier alpha value is -1.52. The third-order valence-corrected chi connectivity index (χ3v) is 3.53. The van der Waals surface area contributed by atoms with E-state index in [0.29, 0.717) is 18.8 Å². The van der Waals surface area contributed by atoms with Crippen LogP contribution in [-0.4, -0.2) is 45.1 Å². The summed E-state index contributed by atoms with van der Waals surface area (Å²) in [5, 5.41) is 0. The van der Waals surface area contributed by atoms with Crippen molar-refractivity contribution in [3.05, 3.63) is 36.9 Å². The minimum atomic E-state index is 0.338. The van der Waals surface area contributed by atoms with Crippen LogP contribution in [0.3, 0.4) is 0 Å². The van der Waals surface area contributed by atoms with Crippen molar-refractivity contribution in [1.82, 2.24) is 0 Å². The number of morpholine rings is 1. The molecular formula is C17H26NO3+.